The molecule has 0 saturated heterocycles. The van der Waals surface area contributed by atoms with E-state index in [9.17, 15) is 13.6 Å². The van der Waals surface area contributed by atoms with Gasteiger partial charge in [-0.2, -0.15) is 5.26 Å². The molecule has 1 aromatic carbocycles. The molecular formula is C15H8F2N4O. The van der Waals surface area contributed by atoms with Crippen LogP contribution in [0.2, 0.25) is 0 Å². The zero-order chi connectivity index (χ0) is 15.7. The number of hydrogen-bond donors (Lipinski definition) is 1. The van der Waals surface area contributed by atoms with Crippen LogP contribution in [0.3, 0.4) is 0 Å². The average molecular weight is 298 g/mol. The van der Waals surface area contributed by atoms with Gasteiger partial charge in [0, 0.05) is 6.20 Å². The lowest BCUT2D eigenvalue weighted by Gasteiger charge is -2.06. The maximum absolute atomic E-state index is 13.7. The number of fused-ring (bicyclic) bond motifs is 1. The highest BCUT2D eigenvalue weighted by Gasteiger charge is 2.15. The van der Waals surface area contributed by atoms with Crippen LogP contribution in [0.25, 0.3) is 5.65 Å². The molecular weight excluding hydrogens is 290 g/mol. The van der Waals surface area contributed by atoms with Gasteiger partial charge >= 0.3 is 0 Å². The van der Waals surface area contributed by atoms with Crippen LogP contribution in [0.4, 0.5) is 14.5 Å². The summed E-state index contributed by atoms with van der Waals surface area (Å²) in [6, 6.07) is 8.10. The Balaban J connectivity index is 1.97. The van der Waals surface area contributed by atoms with Crippen molar-refractivity contribution in [3.8, 4) is 6.07 Å². The minimum atomic E-state index is -0.674. The number of nitrogens with one attached hydrogen (secondary N) is 1. The topological polar surface area (TPSA) is 70.2 Å². The fourth-order valence-corrected chi connectivity index (χ4v) is 2.00. The number of imidazole rings is 1. The fourth-order valence-electron chi connectivity index (χ4n) is 2.00. The van der Waals surface area contributed by atoms with Gasteiger partial charge in [-0.05, 0) is 30.3 Å². The van der Waals surface area contributed by atoms with Crippen molar-refractivity contribution >= 4 is 17.2 Å². The Morgan fingerprint density at radius 3 is 2.86 bits per heavy atom. The van der Waals surface area contributed by atoms with E-state index in [1.807, 2.05) is 6.07 Å². The van der Waals surface area contributed by atoms with Crippen LogP contribution in [0.15, 0.2) is 42.7 Å². The summed E-state index contributed by atoms with van der Waals surface area (Å²) in [5.74, 6) is -1.86. The summed E-state index contributed by atoms with van der Waals surface area (Å²) in [4.78, 5) is 16.2. The van der Waals surface area contributed by atoms with E-state index in [1.54, 1.807) is 0 Å². The molecule has 2 aromatic heterocycles. The predicted molar refractivity (Wildman–Crippen MR) is 74.2 cm³/mol. The number of rotatable bonds is 2. The van der Waals surface area contributed by atoms with E-state index >= 15 is 0 Å². The SMILES string of the molecule is N#Cc1ccc(F)c(NC(=O)c2cnc3ccc(F)cn23)c1. The van der Waals surface area contributed by atoms with Crippen molar-refractivity contribution in [3.05, 3.63) is 65.6 Å². The van der Waals surface area contributed by atoms with Gasteiger partial charge in [0.15, 0.2) is 0 Å². The Bertz CT molecular complexity index is 927. The smallest absolute Gasteiger partial charge is 0.274 e. The van der Waals surface area contributed by atoms with Crippen LogP contribution in [0, 0.1) is 23.0 Å². The van der Waals surface area contributed by atoms with Crippen LogP contribution in [0.1, 0.15) is 16.1 Å². The number of benzene rings is 1. The molecule has 0 aliphatic heterocycles. The molecule has 0 fully saturated rings. The monoisotopic (exact) mass is 298 g/mol. The van der Waals surface area contributed by atoms with E-state index in [0.717, 1.165) is 12.3 Å². The third-order valence-corrected chi connectivity index (χ3v) is 3.05. The lowest BCUT2D eigenvalue weighted by Crippen LogP contribution is -2.15. The van der Waals surface area contributed by atoms with Gasteiger partial charge < -0.3 is 5.32 Å². The van der Waals surface area contributed by atoms with Crippen LogP contribution in [-0.2, 0) is 0 Å². The van der Waals surface area contributed by atoms with Crippen LogP contribution >= 0.6 is 0 Å². The molecule has 0 aliphatic rings. The normalized spacial score (nSPS) is 10.4. The molecule has 1 N–H and O–H groups in total. The van der Waals surface area contributed by atoms with E-state index in [1.165, 1.54) is 34.9 Å². The minimum Gasteiger partial charge on any atom is -0.318 e. The molecule has 3 aromatic rings. The Labute approximate surface area is 123 Å². The summed E-state index contributed by atoms with van der Waals surface area (Å²) in [6.07, 6.45) is 2.37. The molecule has 5 nitrogen and oxygen atoms in total. The number of aromatic nitrogens is 2. The second kappa shape index (κ2) is 5.26. The van der Waals surface area contributed by atoms with Crippen molar-refractivity contribution in [2.45, 2.75) is 0 Å². The number of pyridine rings is 1. The van der Waals surface area contributed by atoms with Gasteiger partial charge in [0.25, 0.3) is 5.91 Å². The van der Waals surface area contributed by atoms with E-state index in [0.29, 0.717) is 5.65 Å². The Morgan fingerprint density at radius 2 is 2.09 bits per heavy atom. The summed E-state index contributed by atoms with van der Waals surface area (Å²) < 4.78 is 28.2. The third-order valence-electron chi connectivity index (χ3n) is 3.05. The number of carbonyl (C=O) groups excluding carboxylic acids is 1. The molecule has 0 unspecified atom stereocenters. The van der Waals surface area contributed by atoms with Crippen molar-refractivity contribution in [1.82, 2.24) is 9.38 Å². The number of hydrogen-bond acceptors (Lipinski definition) is 3. The minimum absolute atomic E-state index is 0.0521. The highest BCUT2D eigenvalue weighted by molar-refractivity contribution is 6.03. The van der Waals surface area contributed by atoms with Crippen molar-refractivity contribution in [2.75, 3.05) is 5.32 Å². The van der Waals surface area contributed by atoms with Crippen LogP contribution in [0.5, 0.6) is 0 Å². The van der Waals surface area contributed by atoms with Crippen molar-refractivity contribution in [2.24, 2.45) is 0 Å². The Hall–Kier alpha value is -3.27. The number of nitriles is 1. The van der Waals surface area contributed by atoms with Crippen molar-refractivity contribution in [1.29, 1.82) is 5.26 Å². The standard InChI is InChI=1S/C15H8F2N4O/c16-10-2-4-14-19-7-13(21(14)8-10)15(22)20-12-5-9(6-18)1-3-11(12)17/h1-5,7-8H,(H,20,22). The largest absolute Gasteiger partial charge is 0.318 e. The molecule has 7 heteroatoms. The van der Waals surface area contributed by atoms with Gasteiger partial charge in [-0.25, -0.2) is 13.8 Å². The first-order valence-corrected chi connectivity index (χ1v) is 6.22. The van der Waals surface area contributed by atoms with E-state index in [4.69, 9.17) is 5.26 Å². The number of amides is 1. The van der Waals surface area contributed by atoms with E-state index < -0.39 is 17.5 Å². The number of carbonyl (C=O) groups is 1. The summed E-state index contributed by atoms with van der Waals surface area (Å²) in [5.41, 5.74) is 0.519. The van der Waals surface area contributed by atoms with Crippen molar-refractivity contribution < 1.29 is 13.6 Å². The molecule has 0 saturated carbocycles. The molecule has 0 bridgehead atoms. The van der Waals surface area contributed by atoms with Crippen LogP contribution in [-0.4, -0.2) is 15.3 Å². The number of anilines is 1. The third kappa shape index (κ3) is 2.38. The quantitative estimate of drug-likeness (QED) is 0.790. The zero-order valence-electron chi connectivity index (χ0n) is 11.0. The van der Waals surface area contributed by atoms with Gasteiger partial charge in [-0.3, -0.25) is 9.20 Å². The summed E-state index contributed by atoms with van der Waals surface area (Å²) >= 11 is 0. The molecule has 2 heterocycles. The van der Waals surface area contributed by atoms with Gasteiger partial charge in [0.05, 0.1) is 23.5 Å². The van der Waals surface area contributed by atoms with E-state index in [-0.39, 0.29) is 16.9 Å². The lowest BCUT2D eigenvalue weighted by atomic mass is 10.2. The Morgan fingerprint density at radius 1 is 1.27 bits per heavy atom. The average Bonchev–Trinajstić information content (AvgIpc) is 2.92. The van der Waals surface area contributed by atoms with Crippen molar-refractivity contribution in [3.63, 3.8) is 0 Å². The second-order valence-corrected chi connectivity index (χ2v) is 4.48. The van der Waals surface area contributed by atoms with E-state index in [2.05, 4.69) is 10.3 Å². The lowest BCUT2D eigenvalue weighted by molar-refractivity contribution is 0.102. The highest BCUT2D eigenvalue weighted by Crippen LogP contribution is 2.17. The molecule has 1 amide bonds. The summed E-state index contributed by atoms with van der Waals surface area (Å²) in [7, 11) is 0. The molecule has 0 radical (unpaired) electrons. The predicted octanol–water partition coefficient (Wildman–Crippen LogP) is 2.74. The van der Waals surface area contributed by atoms with Gasteiger partial charge in [0.2, 0.25) is 0 Å². The molecule has 0 aliphatic carbocycles. The molecule has 22 heavy (non-hydrogen) atoms. The molecule has 108 valence electrons. The maximum Gasteiger partial charge on any atom is 0.274 e. The highest BCUT2D eigenvalue weighted by atomic mass is 19.1. The van der Waals surface area contributed by atoms with Gasteiger partial charge in [0.1, 0.15) is 23.0 Å². The summed E-state index contributed by atoms with van der Waals surface area (Å²) in [5, 5.41) is 11.2. The zero-order valence-corrected chi connectivity index (χ0v) is 11.0. The first kappa shape index (κ1) is 13.7. The number of nitrogens with zero attached hydrogens (tertiary/aromatic N) is 3. The van der Waals surface area contributed by atoms with Gasteiger partial charge in [-0.15, -0.1) is 0 Å². The Kier molecular flexibility index (Phi) is 3.27. The fraction of sp³-hybridized carbons (Fsp3) is 0. The summed E-state index contributed by atoms with van der Waals surface area (Å²) in [6.45, 7) is 0. The van der Waals surface area contributed by atoms with Gasteiger partial charge in [-0.1, -0.05) is 0 Å². The van der Waals surface area contributed by atoms with Crippen LogP contribution < -0.4 is 5.32 Å². The first-order chi connectivity index (χ1) is 10.6. The molecule has 0 spiro atoms. The number of halogens is 2. The molecule has 0 atom stereocenters. The molecule has 3 rings (SSSR count). The second-order valence-electron chi connectivity index (χ2n) is 4.48. The maximum atomic E-state index is 13.7. The first-order valence-electron chi connectivity index (χ1n) is 6.22.